The van der Waals surface area contributed by atoms with E-state index in [1.165, 1.54) is 29.7 Å². The Kier molecular flexibility index (Phi) is 6.77. The zero-order valence-corrected chi connectivity index (χ0v) is 15.1. The zero-order valence-electron chi connectivity index (χ0n) is 14.3. The molecule has 27 heavy (non-hydrogen) atoms. The summed E-state index contributed by atoms with van der Waals surface area (Å²) in [4.78, 5) is 11.6. The lowest BCUT2D eigenvalue weighted by Crippen LogP contribution is -2.66. The fourth-order valence-corrected chi connectivity index (χ4v) is 4.24. The van der Waals surface area contributed by atoms with Gasteiger partial charge in [0.25, 0.3) is 5.91 Å². The number of hydrogen-bond donors (Lipinski definition) is 5. The maximum atomic E-state index is 12.9. The van der Waals surface area contributed by atoms with Crippen molar-refractivity contribution in [2.45, 2.75) is 36.2 Å². The van der Waals surface area contributed by atoms with Crippen molar-refractivity contribution in [3.63, 3.8) is 0 Å². The Morgan fingerprint density at radius 2 is 1.89 bits per heavy atom. The van der Waals surface area contributed by atoms with Crippen molar-refractivity contribution < 1.29 is 38.5 Å². The van der Waals surface area contributed by atoms with Crippen molar-refractivity contribution in [3.8, 4) is 17.6 Å². The molecule has 1 amide bonds. The number of β-amino-alcohol motifs (C(OH)–C–C–N with tert-alkyl or cyclic N) is 1. The summed E-state index contributed by atoms with van der Waals surface area (Å²) in [7, 11) is -4.35. The molecule has 1 aliphatic rings. The molecule has 11 heteroatoms. The van der Waals surface area contributed by atoms with Crippen LogP contribution in [-0.2, 0) is 14.8 Å². The molecule has 4 atom stereocenters. The third-order valence-electron chi connectivity index (χ3n) is 4.04. The van der Waals surface area contributed by atoms with E-state index >= 15 is 0 Å². The molecule has 10 nitrogen and oxygen atoms in total. The molecule has 0 spiro atoms. The van der Waals surface area contributed by atoms with Crippen molar-refractivity contribution in [2.24, 2.45) is 0 Å². The number of hydroxylamine groups is 1. The van der Waals surface area contributed by atoms with E-state index in [-0.39, 0.29) is 11.5 Å². The van der Waals surface area contributed by atoms with Crippen LogP contribution in [0.4, 0.5) is 0 Å². The summed E-state index contributed by atoms with van der Waals surface area (Å²) >= 11 is 0. The van der Waals surface area contributed by atoms with Crippen molar-refractivity contribution in [3.05, 3.63) is 24.3 Å². The molecule has 0 radical (unpaired) electrons. The number of aliphatic hydroxyl groups is 3. The van der Waals surface area contributed by atoms with E-state index in [1.54, 1.807) is 6.92 Å². The van der Waals surface area contributed by atoms with E-state index in [0.717, 1.165) is 0 Å². The minimum atomic E-state index is -4.35. The Morgan fingerprint density at radius 3 is 2.44 bits per heavy atom. The molecular weight excluding hydrogens is 380 g/mol. The fraction of sp³-hybridized carbons (Fsp3) is 0.438. The van der Waals surface area contributed by atoms with Gasteiger partial charge in [-0.2, -0.15) is 4.31 Å². The first-order valence-corrected chi connectivity index (χ1v) is 9.30. The highest BCUT2D eigenvalue weighted by Crippen LogP contribution is 2.27. The average molecular weight is 400 g/mol. The monoisotopic (exact) mass is 400 g/mol. The van der Waals surface area contributed by atoms with Crippen LogP contribution in [0, 0.1) is 11.8 Å². The predicted molar refractivity (Wildman–Crippen MR) is 91.0 cm³/mol. The predicted octanol–water partition coefficient (Wildman–Crippen LogP) is -1.95. The maximum absolute atomic E-state index is 12.9. The van der Waals surface area contributed by atoms with Gasteiger partial charge in [0.1, 0.15) is 30.6 Å². The first-order valence-electron chi connectivity index (χ1n) is 7.86. The molecular formula is C16H20N2O8S. The number of nitrogens with one attached hydrogen (secondary N) is 1. The van der Waals surface area contributed by atoms with E-state index in [4.69, 9.17) is 9.94 Å². The molecule has 0 bridgehead atoms. The summed E-state index contributed by atoms with van der Waals surface area (Å²) in [5.41, 5.74) is 1.26. The second-order valence-corrected chi connectivity index (χ2v) is 7.62. The van der Waals surface area contributed by atoms with Gasteiger partial charge in [-0.05, 0) is 31.2 Å². The smallest absolute Gasteiger partial charge is 0.264 e. The number of sulfonamides is 1. The molecule has 0 aliphatic carbocycles. The van der Waals surface area contributed by atoms with Crippen LogP contribution in [0.15, 0.2) is 29.2 Å². The largest absolute Gasteiger partial charge is 0.481 e. The van der Waals surface area contributed by atoms with Crippen LogP contribution in [0.25, 0.3) is 0 Å². The molecule has 1 aromatic rings. The lowest BCUT2D eigenvalue weighted by atomic mass is 9.96. The Balaban J connectivity index is 2.34. The van der Waals surface area contributed by atoms with E-state index in [2.05, 4.69) is 11.8 Å². The maximum Gasteiger partial charge on any atom is 0.264 e. The van der Waals surface area contributed by atoms with E-state index in [0.29, 0.717) is 10.1 Å². The third-order valence-corrected chi connectivity index (χ3v) is 5.90. The number of amides is 1. The summed E-state index contributed by atoms with van der Waals surface area (Å²) in [6.45, 7) is 1.13. The van der Waals surface area contributed by atoms with Gasteiger partial charge >= 0.3 is 0 Å². The molecule has 0 saturated carbocycles. The van der Waals surface area contributed by atoms with E-state index in [9.17, 15) is 28.5 Å². The summed E-state index contributed by atoms with van der Waals surface area (Å²) in [6.07, 6.45) is -5.31. The summed E-state index contributed by atoms with van der Waals surface area (Å²) < 4.78 is 31.6. The second-order valence-electron chi connectivity index (χ2n) is 5.73. The Bertz CT molecular complexity index is 830. The fourth-order valence-electron chi connectivity index (χ4n) is 2.63. The molecule has 1 aliphatic heterocycles. The highest BCUT2D eigenvalue weighted by Gasteiger charge is 2.50. The minimum absolute atomic E-state index is 0.129. The molecule has 1 heterocycles. The van der Waals surface area contributed by atoms with Crippen LogP contribution in [0.1, 0.15) is 6.92 Å². The number of piperidine rings is 1. The SMILES string of the molecule is CC#CCOc1ccc(S(=O)(=O)N2C[C@H](O)[C@H](O)[C@@H](O)[C@@H]2C(=O)NO)cc1. The van der Waals surface area contributed by atoms with Gasteiger partial charge < -0.3 is 20.1 Å². The zero-order chi connectivity index (χ0) is 20.2. The second kappa shape index (κ2) is 8.66. The molecule has 1 fully saturated rings. The van der Waals surface area contributed by atoms with Crippen molar-refractivity contribution in [1.29, 1.82) is 0 Å². The van der Waals surface area contributed by atoms with Crippen molar-refractivity contribution >= 4 is 15.9 Å². The van der Waals surface area contributed by atoms with Gasteiger partial charge in [0, 0.05) is 6.54 Å². The molecule has 148 valence electrons. The third kappa shape index (κ3) is 4.38. The number of hydrogen-bond acceptors (Lipinski definition) is 8. The average Bonchev–Trinajstić information content (AvgIpc) is 2.66. The topological polar surface area (TPSA) is 157 Å². The number of ether oxygens (including phenoxy) is 1. The van der Waals surface area contributed by atoms with Gasteiger partial charge in [-0.25, -0.2) is 13.9 Å². The van der Waals surface area contributed by atoms with Crippen molar-refractivity contribution in [2.75, 3.05) is 13.2 Å². The first-order chi connectivity index (χ1) is 12.7. The van der Waals surface area contributed by atoms with Gasteiger partial charge in [0.05, 0.1) is 11.0 Å². The highest BCUT2D eigenvalue weighted by molar-refractivity contribution is 7.89. The quantitative estimate of drug-likeness (QED) is 0.217. The van der Waals surface area contributed by atoms with E-state index in [1.807, 2.05) is 0 Å². The lowest BCUT2D eigenvalue weighted by Gasteiger charge is -2.41. The molecule has 2 rings (SSSR count). The molecule has 1 saturated heterocycles. The lowest BCUT2D eigenvalue weighted by molar-refractivity contribution is -0.154. The summed E-state index contributed by atoms with van der Waals surface area (Å²) in [5, 5.41) is 38.4. The van der Waals surface area contributed by atoms with E-state index < -0.39 is 46.8 Å². The highest BCUT2D eigenvalue weighted by atomic mass is 32.2. The molecule has 1 aromatic carbocycles. The van der Waals surface area contributed by atoms with Gasteiger partial charge in [-0.15, -0.1) is 5.92 Å². The molecule has 5 N–H and O–H groups in total. The van der Waals surface area contributed by atoms with Crippen LogP contribution < -0.4 is 10.2 Å². The number of benzene rings is 1. The number of rotatable bonds is 5. The molecule has 0 aromatic heterocycles. The van der Waals surface area contributed by atoms with Gasteiger partial charge in [-0.3, -0.25) is 10.0 Å². The Morgan fingerprint density at radius 1 is 1.26 bits per heavy atom. The normalized spacial score (nSPS) is 26.0. The number of carbonyl (C=O) groups is 1. The van der Waals surface area contributed by atoms with Crippen LogP contribution in [-0.4, -0.2) is 76.7 Å². The Labute approximate surface area is 156 Å². The van der Waals surface area contributed by atoms with Crippen LogP contribution in [0.2, 0.25) is 0 Å². The Hall–Kier alpha value is -2.20. The van der Waals surface area contributed by atoms with Crippen LogP contribution >= 0.6 is 0 Å². The standard InChI is InChI=1S/C16H20N2O8S/c1-2-3-8-26-10-4-6-11(7-5-10)27(24,25)18-9-12(19)14(20)15(21)13(18)16(22)17-23/h4-7,12-15,19-21,23H,8-9H2,1H3,(H,17,22)/t12-,13+,14-,15-/m0/s1. The molecule has 0 unspecified atom stereocenters. The van der Waals surface area contributed by atoms with Crippen LogP contribution in [0.5, 0.6) is 5.75 Å². The summed E-state index contributed by atoms with van der Waals surface area (Å²) in [5.74, 6) is 4.46. The summed E-state index contributed by atoms with van der Waals surface area (Å²) in [6, 6.07) is 3.39. The number of carbonyl (C=O) groups excluding carboxylic acids is 1. The van der Waals surface area contributed by atoms with Gasteiger partial charge in [-0.1, -0.05) is 5.92 Å². The number of aliphatic hydroxyl groups excluding tert-OH is 3. The van der Waals surface area contributed by atoms with Gasteiger partial charge in [0.15, 0.2) is 0 Å². The number of nitrogens with zero attached hydrogens (tertiary/aromatic N) is 1. The minimum Gasteiger partial charge on any atom is -0.481 e. The van der Waals surface area contributed by atoms with Crippen LogP contribution in [0.3, 0.4) is 0 Å². The van der Waals surface area contributed by atoms with Crippen molar-refractivity contribution in [1.82, 2.24) is 9.79 Å². The van der Waals surface area contributed by atoms with Gasteiger partial charge in [0.2, 0.25) is 10.0 Å². The first kappa shape index (κ1) is 21.1.